The van der Waals surface area contributed by atoms with Gasteiger partial charge in [-0.3, -0.25) is 4.79 Å². The van der Waals surface area contributed by atoms with Crippen molar-refractivity contribution in [1.29, 1.82) is 0 Å². The molecule has 2 aliphatic rings. The molecule has 0 aromatic carbocycles. The highest BCUT2D eigenvalue weighted by atomic mass is 16.5. The van der Waals surface area contributed by atoms with Crippen LogP contribution in [0, 0.1) is 6.92 Å². The molecule has 0 unspecified atom stereocenters. The number of hydrogen-bond acceptors (Lipinski definition) is 5. The molecule has 2 aliphatic heterocycles. The third-order valence-electron chi connectivity index (χ3n) is 5.30. The van der Waals surface area contributed by atoms with Crippen LogP contribution in [0.1, 0.15) is 38.3 Å². The zero-order valence-corrected chi connectivity index (χ0v) is 14.3. The van der Waals surface area contributed by atoms with Gasteiger partial charge in [-0.25, -0.2) is 9.97 Å². The molecule has 2 saturated heterocycles. The Morgan fingerprint density at radius 1 is 1.39 bits per heavy atom. The van der Waals surface area contributed by atoms with Gasteiger partial charge in [0.1, 0.15) is 12.1 Å². The van der Waals surface area contributed by atoms with E-state index in [0.717, 1.165) is 56.9 Å². The molecule has 0 aliphatic carbocycles. The fourth-order valence-corrected chi connectivity index (χ4v) is 3.69. The predicted molar refractivity (Wildman–Crippen MR) is 88.4 cm³/mol. The van der Waals surface area contributed by atoms with Crippen molar-refractivity contribution in [2.45, 2.75) is 51.2 Å². The van der Waals surface area contributed by atoms with Crippen molar-refractivity contribution in [3.05, 3.63) is 18.1 Å². The number of carbonyl (C=O) groups is 1. The maximum absolute atomic E-state index is 11.6. The molecule has 126 valence electrons. The van der Waals surface area contributed by atoms with E-state index < -0.39 is 0 Å². The third-order valence-corrected chi connectivity index (χ3v) is 5.30. The minimum atomic E-state index is -0.0782. The summed E-state index contributed by atoms with van der Waals surface area (Å²) in [4.78, 5) is 24.4. The smallest absolute Gasteiger partial charge is 0.219 e. The molecule has 1 spiro atoms. The van der Waals surface area contributed by atoms with E-state index in [2.05, 4.69) is 14.9 Å². The normalized spacial score (nSPS) is 23.8. The van der Waals surface area contributed by atoms with Crippen molar-refractivity contribution >= 4 is 11.7 Å². The van der Waals surface area contributed by atoms with Gasteiger partial charge in [0.15, 0.2) is 0 Å². The second kappa shape index (κ2) is 6.43. The van der Waals surface area contributed by atoms with E-state index in [-0.39, 0.29) is 11.5 Å². The molecule has 6 nitrogen and oxygen atoms in total. The molecule has 6 heteroatoms. The standard InChI is InChI=1S/C17H26N4O2/c1-13-10-16(19-12-18-13)21-7-5-17(6-8-21)11-15(4-9-23-17)20(3)14(2)22/h10,12,15H,4-9,11H2,1-3H3/t15-/m0/s1. The molecule has 0 N–H and O–H groups in total. The minimum absolute atomic E-state index is 0.0782. The van der Waals surface area contributed by atoms with Crippen LogP contribution >= 0.6 is 0 Å². The van der Waals surface area contributed by atoms with Gasteiger partial charge >= 0.3 is 0 Å². The van der Waals surface area contributed by atoms with Crippen molar-refractivity contribution in [3.8, 4) is 0 Å². The number of nitrogens with zero attached hydrogens (tertiary/aromatic N) is 4. The Hall–Kier alpha value is -1.69. The number of aromatic nitrogens is 2. The first kappa shape index (κ1) is 16.2. The quantitative estimate of drug-likeness (QED) is 0.832. The van der Waals surface area contributed by atoms with Crippen LogP contribution in [-0.4, -0.2) is 59.2 Å². The summed E-state index contributed by atoms with van der Waals surface area (Å²) >= 11 is 0. The molecule has 1 atom stereocenters. The van der Waals surface area contributed by atoms with Gasteiger partial charge in [-0.2, -0.15) is 0 Å². The number of ether oxygens (including phenoxy) is 1. The molecule has 3 heterocycles. The van der Waals surface area contributed by atoms with Crippen LogP contribution in [0.2, 0.25) is 0 Å². The number of anilines is 1. The van der Waals surface area contributed by atoms with Crippen LogP contribution in [0.5, 0.6) is 0 Å². The number of piperidine rings is 1. The fraction of sp³-hybridized carbons (Fsp3) is 0.706. The monoisotopic (exact) mass is 318 g/mol. The number of hydrogen-bond donors (Lipinski definition) is 0. The van der Waals surface area contributed by atoms with E-state index in [1.54, 1.807) is 13.3 Å². The Morgan fingerprint density at radius 2 is 2.13 bits per heavy atom. The van der Waals surface area contributed by atoms with Gasteiger partial charge in [0, 0.05) is 51.5 Å². The van der Waals surface area contributed by atoms with Crippen LogP contribution in [0.15, 0.2) is 12.4 Å². The highest BCUT2D eigenvalue weighted by Crippen LogP contribution is 2.37. The van der Waals surface area contributed by atoms with E-state index in [4.69, 9.17) is 4.74 Å². The average molecular weight is 318 g/mol. The van der Waals surface area contributed by atoms with E-state index in [1.165, 1.54) is 0 Å². The van der Waals surface area contributed by atoms with Gasteiger partial charge in [0.2, 0.25) is 5.91 Å². The minimum Gasteiger partial charge on any atom is -0.375 e. The number of rotatable bonds is 2. The molecule has 0 bridgehead atoms. The van der Waals surface area contributed by atoms with E-state index >= 15 is 0 Å². The Balaban J connectivity index is 1.64. The van der Waals surface area contributed by atoms with Crippen LogP contribution in [-0.2, 0) is 9.53 Å². The highest BCUT2D eigenvalue weighted by Gasteiger charge is 2.41. The molecule has 3 rings (SSSR count). The first-order valence-electron chi connectivity index (χ1n) is 8.40. The molecule has 2 fully saturated rings. The van der Waals surface area contributed by atoms with Crippen molar-refractivity contribution in [1.82, 2.24) is 14.9 Å². The number of carbonyl (C=O) groups excluding carboxylic acids is 1. The first-order chi connectivity index (χ1) is 11.0. The Morgan fingerprint density at radius 3 is 2.78 bits per heavy atom. The molecule has 0 radical (unpaired) electrons. The second-order valence-corrected chi connectivity index (χ2v) is 6.81. The Bertz CT molecular complexity index is 569. The lowest BCUT2D eigenvalue weighted by atomic mass is 9.82. The molecule has 1 aromatic heterocycles. The zero-order chi connectivity index (χ0) is 16.4. The summed E-state index contributed by atoms with van der Waals surface area (Å²) in [7, 11) is 1.91. The maximum atomic E-state index is 11.6. The lowest BCUT2D eigenvalue weighted by Gasteiger charge is -2.48. The zero-order valence-electron chi connectivity index (χ0n) is 14.3. The number of aryl methyl sites for hydroxylation is 1. The predicted octanol–water partition coefficient (Wildman–Crippen LogP) is 1.78. The second-order valence-electron chi connectivity index (χ2n) is 6.81. The van der Waals surface area contributed by atoms with Crippen LogP contribution in [0.25, 0.3) is 0 Å². The Labute approximate surface area is 137 Å². The van der Waals surface area contributed by atoms with Crippen molar-refractivity contribution < 1.29 is 9.53 Å². The largest absolute Gasteiger partial charge is 0.375 e. The lowest BCUT2D eigenvalue weighted by molar-refractivity contribution is -0.141. The fourth-order valence-electron chi connectivity index (χ4n) is 3.69. The van der Waals surface area contributed by atoms with E-state index in [9.17, 15) is 4.79 Å². The van der Waals surface area contributed by atoms with Gasteiger partial charge < -0.3 is 14.5 Å². The molecular weight excluding hydrogens is 292 g/mol. The van der Waals surface area contributed by atoms with Gasteiger partial charge in [0.25, 0.3) is 0 Å². The molecule has 1 amide bonds. The van der Waals surface area contributed by atoms with Crippen LogP contribution < -0.4 is 4.90 Å². The number of amides is 1. The van der Waals surface area contributed by atoms with Crippen molar-refractivity contribution in [3.63, 3.8) is 0 Å². The summed E-state index contributed by atoms with van der Waals surface area (Å²) in [5.41, 5.74) is 0.915. The van der Waals surface area contributed by atoms with Crippen molar-refractivity contribution in [2.24, 2.45) is 0 Å². The molecule has 0 saturated carbocycles. The van der Waals surface area contributed by atoms with Crippen molar-refractivity contribution in [2.75, 3.05) is 31.6 Å². The summed E-state index contributed by atoms with van der Waals surface area (Å²) in [6.07, 6.45) is 5.48. The molecular formula is C17H26N4O2. The Kier molecular flexibility index (Phi) is 4.53. The summed E-state index contributed by atoms with van der Waals surface area (Å²) in [6.45, 7) is 6.25. The lowest BCUT2D eigenvalue weighted by Crippen LogP contribution is -2.54. The van der Waals surface area contributed by atoms with Crippen LogP contribution in [0.3, 0.4) is 0 Å². The van der Waals surface area contributed by atoms with Gasteiger partial charge in [0.05, 0.1) is 5.60 Å². The van der Waals surface area contributed by atoms with Gasteiger partial charge in [-0.15, -0.1) is 0 Å². The molecule has 23 heavy (non-hydrogen) atoms. The third kappa shape index (κ3) is 3.47. The first-order valence-corrected chi connectivity index (χ1v) is 8.40. The summed E-state index contributed by atoms with van der Waals surface area (Å²) in [5.74, 6) is 1.14. The summed E-state index contributed by atoms with van der Waals surface area (Å²) in [5, 5.41) is 0. The average Bonchev–Trinajstić information content (AvgIpc) is 2.55. The SMILES string of the molecule is CC(=O)N(C)[C@H]1CCOC2(CCN(c3cc(C)ncn3)CC2)C1. The van der Waals surface area contributed by atoms with Crippen LogP contribution in [0.4, 0.5) is 5.82 Å². The summed E-state index contributed by atoms with van der Waals surface area (Å²) in [6, 6.07) is 2.33. The van der Waals surface area contributed by atoms with Gasteiger partial charge in [-0.1, -0.05) is 0 Å². The van der Waals surface area contributed by atoms with E-state index in [1.807, 2.05) is 24.9 Å². The topological polar surface area (TPSA) is 58.6 Å². The summed E-state index contributed by atoms with van der Waals surface area (Å²) < 4.78 is 6.18. The highest BCUT2D eigenvalue weighted by molar-refractivity contribution is 5.73. The van der Waals surface area contributed by atoms with Gasteiger partial charge in [-0.05, 0) is 32.6 Å². The molecule has 1 aromatic rings. The van der Waals surface area contributed by atoms with E-state index in [0.29, 0.717) is 6.04 Å². The maximum Gasteiger partial charge on any atom is 0.219 e.